The van der Waals surface area contributed by atoms with Crippen LogP contribution < -0.4 is 9.64 Å². The van der Waals surface area contributed by atoms with Gasteiger partial charge in [-0.1, -0.05) is 12.0 Å². The molecule has 3 heterocycles. The third kappa shape index (κ3) is 3.17. The van der Waals surface area contributed by atoms with E-state index in [0.717, 1.165) is 5.69 Å². The Bertz CT molecular complexity index is 711. The fourth-order valence-corrected chi connectivity index (χ4v) is 2.40. The van der Waals surface area contributed by atoms with Crippen molar-refractivity contribution in [3.05, 3.63) is 48.5 Å². The van der Waals surface area contributed by atoms with Crippen LogP contribution in [0.2, 0.25) is 0 Å². The standard InChI is InChI=1S/C17H16FN3O/c1-22-16-10-15(11-19-12-16)21-9-7-17(18,13-21)6-5-14-4-2-3-8-20-14/h2-4,8,10-12H,7,9,13H2,1H3. The zero-order valence-electron chi connectivity index (χ0n) is 12.3. The molecule has 0 N–H and O–H groups in total. The number of rotatable bonds is 2. The van der Waals surface area contributed by atoms with Crippen molar-refractivity contribution in [3.63, 3.8) is 0 Å². The minimum absolute atomic E-state index is 0.224. The lowest BCUT2D eigenvalue weighted by molar-refractivity contribution is 0.274. The molecule has 0 amide bonds. The van der Waals surface area contributed by atoms with Crippen LogP contribution in [0.1, 0.15) is 12.1 Å². The monoisotopic (exact) mass is 297 g/mol. The third-order valence-electron chi connectivity index (χ3n) is 3.60. The quantitative estimate of drug-likeness (QED) is 0.798. The van der Waals surface area contributed by atoms with Gasteiger partial charge in [0, 0.05) is 25.2 Å². The number of hydrogen-bond donors (Lipinski definition) is 0. The van der Waals surface area contributed by atoms with Gasteiger partial charge in [0.05, 0.1) is 31.7 Å². The predicted octanol–water partition coefficient (Wildman–Crippen LogP) is 2.46. The second-order valence-electron chi connectivity index (χ2n) is 5.18. The van der Waals surface area contributed by atoms with Crippen molar-refractivity contribution >= 4 is 5.69 Å². The molecule has 1 unspecified atom stereocenters. The number of hydrogen-bond acceptors (Lipinski definition) is 4. The molecular weight excluding hydrogens is 281 g/mol. The molecule has 4 nitrogen and oxygen atoms in total. The SMILES string of the molecule is COc1cncc(N2CCC(F)(C#Cc3ccccn3)C2)c1. The molecule has 5 heteroatoms. The molecule has 1 aliphatic heterocycles. The van der Waals surface area contributed by atoms with E-state index in [-0.39, 0.29) is 6.54 Å². The Balaban J connectivity index is 1.75. The van der Waals surface area contributed by atoms with Gasteiger partial charge >= 0.3 is 0 Å². The number of aromatic nitrogens is 2. The van der Waals surface area contributed by atoms with E-state index in [9.17, 15) is 4.39 Å². The zero-order valence-corrected chi connectivity index (χ0v) is 12.3. The van der Waals surface area contributed by atoms with Crippen molar-refractivity contribution in [3.8, 4) is 17.6 Å². The number of ether oxygens (including phenoxy) is 1. The molecule has 1 fully saturated rings. The summed E-state index contributed by atoms with van der Waals surface area (Å²) in [6.07, 6.45) is 5.35. The maximum absolute atomic E-state index is 14.8. The Labute approximate surface area is 129 Å². The lowest BCUT2D eigenvalue weighted by atomic mass is 10.1. The van der Waals surface area contributed by atoms with E-state index in [1.165, 1.54) is 0 Å². The fourth-order valence-electron chi connectivity index (χ4n) is 2.40. The highest BCUT2D eigenvalue weighted by atomic mass is 19.1. The molecule has 1 saturated heterocycles. The second-order valence-corrected chi connectivity index (χ2v) is 5.18. The first-order valence-corrected chi connectivity index (χ1v) is 7.06. The lowest BCUT2D eigenvalue weighted by Gasteiger charge is -2.19. The maximum atomic E-state index is 14.8. The molecular formula is C17H16FN3O. The number of anilines is 1. The number of methoxy groups -OCH3 is 1. The first-order valence-electron chi connectivity index (χ1n) is 7.06. The van der Waals surface area contributed by atoms with Gasteiger partial charge in [-0.25, -0.2) is 9.37 Å². The maximum Gasteiger partial charge on any atom is 0.190 e. The van der Waals surface area contributed by atoms with Gasteiger partial charge < -0.3 is 9.64 Å². The summed E-state index contributed by atoms with van der Waals surface area (Å²) in [6, 6.07) is 7.27. The summed E-state index contributed by atoms with van der Waals surface area (Å²) < 4.78 is 20.0. The van der Waals surface area contributed by atoms with Crippen molar-refractivity contribution in [2.24, 2.45) is 0 Å². The Morgan fingerprint density at radius 1 is 1.36 bits per heavy atom. The smallest absolute Gasteiger partial charge is 0.190 e. The van der Waals surface area contributed by atoms with E-state index in [1.54, 1.807) is 31.8 Å². The van der Waals surface area contributed by atoms with Gasteiger partial charge in [0.25, 0.3) is 0 Å². The molecule has 3 rings (SSSR count). The molecule has 2 aromatic heterocycles. The highest BCUT2D eigenvalue weighted by Gasteiger charge is 2.37. The van der Waals surface area contributed by atoms with E-state index in [2.05, 4.69) is 21.8 Å². The molecule has 0 saturated carbocycles. The molecule has 0 bridgehead atoms. The summed E-state index contributed by atoms with van der Waals surface area (Å²) in [7, 11) is 1.59. The molecule has 0 radical (unpaired) electrons. The lowest BCUT2D eigenvalue weighted by Crippen LogP contribution is -2.27. The Kier molecular flexibility index (Phi) is 3.92. The number of halogens is 1. The van der Waals surface area contributed by atoms with Crippen LogP contribution in [0.15, 0.2) is 42.9 Å². The fraction of sp³-hybridized carbons (Fsp3) is 0.294. The summed E-state index contributed by atoms with van der Waals surface area (Å²) in [5.74, 6) is 6.21. The topological polar surface area (TPSA) is 38.2 Å². The summed E-state index contributed by atoms with van der Waals surface area (Å²) in [5, 5.41) is 0. The van der Waals surface area contributed by atoms with Crippen LogP contribution in [0.4, 0.5) is 10.1 Å². The van der Waals surface area contributed by atoms with Crippen LogP contribution in [0, 0.1) is 11.8 Å². The van der Waals surface area contributed by atoms with Crippen molar-refractivity contribution in [2.75, 3.05) is 25.1 Å². The summed E-state index contributed by atoms with van der Waals surface area (Å²) >= 11 is 0. The van der Waals surface area contributed by atoms with Crippen LogP contribution >= 0.6 is 0 Å². The van der Waals surface area contributed by atoms with Crippen LogP contribution in [0.3, 0.4) is 0 Å². The first-order chi connectivity index (χ1) is 10.7. The average molecular weight is 297 g/mol. The summed E-state index contributed by atoms with van der Waals surface area (Å²) in [4.78, 5) is 10.1. The molecule has 0 aromatic carbocycles. The third-order valence-corrected chi connectivity index (χ3v) is 3.60. The van der Waals surface area contributed by atoms with E-state index >= 15 is 0 Å². The van der Waals surface area contributed by atoms with Gasteiger partial charge in [-0.2, -0.15) is 0 Å². The summed E-state index contributed by atoms with van der Waals surface area (Å²) in [6.45, 7) is 0.823. The molecule has 1 aliphatic rings. The van der Waals surface area contributed by atoms with Crippen LogP contribution in [-0.4, -0.2) is 35.8 Å². The van der Waals surface area contributed by atoms with E-state index in [1.807, 2.05) is 23.1 Å². The Morgan fingerprint density at radius 2 is 2.27 bits per heavy atom. The molecule has 0 aliphatic carbocycles. The highest BCUT2D eigenvalue weighted by Crippen LogP contribution is 2.30. The van der Waals surface area contributed by atoms with Crippen LogP contribution in [0.5, 0.6) is 5.75 Å². The van der Waals surface area contributed by atoms with Crippen LogP contribution in [0.25, 0.3) is 0 Å². The molecule has 22 heavy (non-hydrogen) atoms. The zero-order chi connectivity index (χ0) is 15.4. The average Bonchev–Trinajstić information content (AvgIpc) is 2.97. The van der Waals surface area contributed by atoms with E-state index in [4.69, 9.17) is 4.74 Å². The molecule has 0 spiro atoms. The van der Waals surface area contributed by atoms with Crippen molar-refractivity contribution in [2.45, 2.75) is 12.1 Å². The minimum atomic E-state index is -1.53. The minimum Gasteiger partial charge on any atom is -0.495 e. The second kappa shape index (κ2) is 6.02. The molecule has 1 atom stereocenters. The Morgan fingerprint density at radius 3 is 3.05 bits per heavy atom. The van der Waals surface area contributed by atoms with Gasteiger partial charge in [0.2, 0.25) is 0 Å². The number of alkyl halides is 1. The van der Waals surface area contributed by atoms with Crippen LogP contribution in [-0.2, 0) is 0 Å². The highest BCUT2D eigenvalue weighted by molar-refractivity contribution is 5.51. The van der Waals surface area contributed by atoms with E-state index < -0.39 is 5.67 Å². The Hall–Kier alpha value is -2.61. The van der Waals surface area contributed by atoms with Gasteiger partial charge in [0.1, 0.15) is 11.4 Å². The molecule has 112 valence electrons. The number of pyridine rings is 2. The normalized spacial score (nSPS) is 20.4. The largest absolute Gasteiger partial charge is 0.495 e. The van der Waals surface area contributed by atoms with Gasteiger partial charge in [-0.05, 0) is 18.1 Å². The number of nitrogens with zero attached hydrogens (tertiary/aromatic N) is 3. The van der Waals surface area contributed by atoms with Gasteiger partial charge in [-0.3, -0.25) is 4.98 Å². The molecule has 2 aromatic rings. The first kappa shape index (κ1) is 14.3. The van der Waals surface area contributed by atoms with Gasteiger partial charge in [0.15, 0.2) is 5.67 Å². The van der Waals surface area contributed by atoms with Gasteiger partial charge in [-0.15, -0.1) is 0 Å². The van der Waals surface area contributed by atoms with Crippen molar-refractivity contribution in [1.29, 1.82) is 0 Å². The van der Waals surface area contributed by atoms with Crippen molar-refractivity contribution in [1.82, 2.24) is 9.97 Å². The summed E-state index contributed by atoms with van der Waals surface area (Å²) in [5.41, 5.74) is -0.0971. The van der Waals surface area contributed by atoms with E-state index in [0.29, 0.717) is 24.4 Å². The predicted molar refractivity (Wildman–Crippen MR) is 82.6 cm³/mol. The van der Waals surface area contributed by atoms with Crippen molar-refractivity contribution < 1.29 is 9.13 Å².